The van der Waals surface area contributed by atoms with Gasteiger partial charge in [-0.15, -0.1) is 11.3 Å². The van der Waals surface area contributed by atoms with E-state index in [2.05, 4.69) is 46.2 Å². The fourth-order valence-electron chi connectivity index (χ4n) is 3.82. The molecule has 0 bridgehead atoms. The Hall–Kier alpha value is -2.70. The molecule has 0 amide bonds. The number of thiophene rings is 1. The first-order valence-electron chi connectivity index (χ1n) is 9.12. The maximum atomic E-state index is 12.5. The van der Waals surface area contributed by atoms with E-state index < -0.39 is 0 Å². The highest BCUT2D eigenvalue weighted by molar-refractivity contribution is 7.13. The fourth-order valence-corrected chi connectivity index (χ4v) is 4.49. The number of H-pyrrole nitrogens is 2. The average molecular weight is 376 g/mol. The molecule has 0 atom stereocenters. The summed E-state index contributed by atoms with van der Waals surface area (Å²) in [7, 11) is 0. The maximum Gasteiger partial charge on any atom is 0.254 e. The minimum Gasteiger partial charge on any atom is -0.361 e. The molecule has 1 aliphatic rings. The molecule has 0 saturated carbocycles. The van der Waals surface area contributed by atoms with Gasteiger partial charge >= 0.3 is 0 Å². The molecule has 0 saturated heterocycles. The largest absolute Gasteiger partial charge is 0.361 e. The predicted octanol–water partition coefficient (Wildman–Crippen LogP) is 3.85. The monoisotopic (exact) mass is 376 g/mol. The molecule has 3 aromatic heterocycles. The Morgan fingerprint density at radius 3 is 3.07 bits per heavy atom. The Bertz CT molecular complexity index is 1170. The van der Waals surface area contributed by atoms with Gasteiger partial charge in [0.2, 0.25) is 0 Å². The van der Waals surface area contributed by atoms with Crippen LogP contribution < -0.4 is 5.56 Å². The number of fused-ring (bicyclic) bond motifs is 2. The number of aromatic amines is 2. The number of hydrogen-bond acceptors (Lipinski definition) is 4. The van der Waals surface area contributed by atoms with E-state index in [-0.39, 0.29) is 5.56 Å². The highest BCUT2D eigenvalue weighted by Crippen LogP contribution is 2.25. The highest BCUT2D eigenvalue weighted by atomic mass is 32.1. The zero-order valence-electron chi connectivity index (χ0n) is 15.1. The van der Waals surface area contributed by atoms with Crippen LogP contribution in [0.4, 0.5) is 0 Å². The molecule has 0 fully saturated rings. The second-order valence-corrected chi connectivity index (χ2v) is 8.09. The first kappa shape index (κ1) is 16.5. The van der Waals surface area contributed by atoms with Crippen LogP contribution in [0.25, 0.3) is 21.6 Å². The third kappa shape index (κ3) is 3.01. The van der Waals surface area contributed by atoms with Crippen LogP contribution in [0.5, 0.6) is 0 Å². The maximum absolute atomic E-state index is 12.5. The lowest BCUT2D eigenvalue weighted by atomic mass is 10.0. The smallest absolute Gasteiger partial charge is 0.254 e. The number of hydrogen-bond donors (Lipinski definition) is 2. The van der Waals surface area contributed by atoms with Crippen LogP contribution in [0, 0.1) is 6.92 Å². The van der Waals surface area contributed by atoms with E-state index in [1.54, 1.807) is 11.3 Å². The Labute approximate surface area is 160 Å². The van der Waals surface area contributed by atoms with Gasteiger partial charge in [-0.1, -0.05) is 17.7 Å². The zero-order chi connectivity index (χ0) is 18.4. The molecule has 0 radical (unpaired) electrons. The van der Waals surface area contributed by atoms with Gasteiger partial charge in [-0.2, -0.15) is 0 Å². The molecule has 5 rings (SSSR count). The molecule has 1 aliphatic heterocycles. The highest BCUT2D eigenvalue weighted by Gasteiger charge is 2.22. The topological polar surface area (TPSA) is 64.8 Å². The number of benzene rings is 1. The summed E-state index contributed by atoms with van der Waals surface area (Å²) in [4.78, 5) is 27.0. The molecule has 4 aromatic rings. The molecule has 136 valence electrons. The molecule has 27 heavy (non-hydrogen) atoms. The molecule has 0 spiro atoms. The predicted molar refractivity (Wildman–Crippen MR) is 109 cm³/mol. The quantitative estimate of drug-likeness (QED) is 0.571. The van der Waals surface area contributed by atoms with Crippen molar-refractivity contribution in [3.8, 4) is 10.7 Å². The first-order valence-corrected chi connectivity index (χ1v) is 10.0. The normalized spacial score (nSPS) is 14.6. The lowest BCUT2D eigenvalue weighted by Gasteiger charge is -2.27. The van der Waals surface area contributed by atoms with Crippen molar-refractivity contribution in [1.29, 1.82) is 0 Å². The molecule has 0 aliphatic carbocycles. The van der Waals surface area contributed by atoms with Crippen molar-refractivity contribution in [3.05, 3.63) is 74.6 Å². The van der Waals surface area contributed by atoms with Gasteiger partial charge in [0.05, 0.1) is 10.6 Å². The van der Waals surface area contributed by atoms with Crippen LogP contribution in [-0.2, 0) is 19.5 Å². The molecule has 6 heteroatoms. The SMILES string of the molecule is Cc1ccc2[nH]cc(CN3CCc4c(nc(-c5cccs5)[nH]c4=O)C3)c2c1. The lowest BCUT2D eigenvalue weighted by Crippen LogP contribution is -2.35. The number of aryl methyl sites for hydroxylation is 1. The van der Waals surface area contributed by atoms with E-state index in [1.165, 1.54) is 22.0 Å². The summed E-state index contributed by atoms with van der Waals surface area (Å²) in [6, 6.07) is 10.5. The molecule has 4 heterocycles. The van der Waals surface area contributed by atoms with Crippen LogP contribution in [0.3, 0.4) is 0 Å². The van der Waals surface area contributed by atoms with Crippen LogP contribution in [-0.4, -0.2) is 26.4 Å². The fraction of sp³-hybridized carbons (Fsp3) is 0.238. The van der Waals surface area contributed by atoms with E-state index in [4.69, 9.17) is 4.98 Å². The minimum atomic E-state index is 0.00534. The summed E-state index contributed by atoms with van der Waals surface area (Å²) in [5.41, 5.74) is 5.47. The van der Waals surface area contributed by atoms with Gasteiger partial charge in [0.15, 0.2) is 5.82 Å². The van der Waals surface area contributed by atoms with Gasteiger partial charge in [0.25, 0.3) is 5.56 Å². The van der Waals surface area contributed by atoms with Crippen molar-refractivity contribution in [1.82, 2.24) is 19.9 Å². The summed E-state index contributed by atoms with van der Waals surface area (Å²) in [6.07, 6.45) is 2.84. The van der Waals surface area contributed by atoms with E-state index in [1.807, 2.05) is 17.5 Å². The van der Waals surface area contributed by atoms with Crippen LogP contribution in [0.2, 0.25) is 0 Å². The van der Waals surface area contributed by atoms with Crippen molar-refractivity contribution in [3.63, 3.8) is 0 Å². The summed E-state index contributed by atoms with van der Waals surface area (Å²) >= 11 is 1.59. The molecule has 5 nitrogen and oxygen atoms in total. The van der Waals surface area contributed by atoms with Gasteiger partial charge in [0.1, 0.15) is 0 Å². The van der Waals surface area contributed by atoms with Crippen LogP contribution >= 0.6 is 11.3 Å². The number of nitrogens with one attached hydrogen (secondary N) is 2. The third-order valence-corrected chi connectivity index (χ3v) is 6.10. The number of nitrogens with zero attached hydrogens (tertiary/aromatic N) is 2. The van der Waals surface area contributed by atoms with Gasteiger partial charge in [-0.25, -0.2) is 4.98 Å². The van der Waals surface area contributed by atoms with Crippen molar-refractivity contribution in [2.45, 2.75) is 26.4 Å². The van der Waals surface area contributed by atoms with Gasteiger partial charge in [-0.05, 0) is 42.5 Å². The second-order valence-electron chi connectivity index (χ2n) is 7.14. The summed E-state index contributed by atoms with van der Waals surface area (Å²) in [5.74, 6) is 0.679. The summed E-state index contributed by atoms with van der Waals surface area (Å²) < 4.78 is 0. The Morgan fingerprint density at radius 2 is 2.22 bits per heavy atom. The third-order valence-electron chi connectivity index (χ3n) is 5.22. The van der Waals surface area contributed by atoms with E-state index in [0.717, 1.165) is 35.6 Å². The lowest BCUT2D eigenvalue weighted by molar-refractivity contribution is 0.241. The Morgan fingerprint density at radius 1 is 1.30 bits per heavy atom. The van der Waals surface area contributed by atoms with Crippen molar-refractivity contribution in [2.24, 2.45) is 0 Å². The van der Waals surface area contributed by atoms with Gasteiger partial charge < -0.3 is 9.97 Å². The summed E-state index contributed by atoms with van der Waals surface area (Å²) in [6.45, 7) is 4.55. The average Bonchev–Trinajstić information content (AvgIpc) is 3.32. The van der Waals surface area contributed by atoms with Gasteiger partial charge in [-0.3, -0.25) is 9.69 Å². The molecule has 2 N–H and O–H groups in total. The number of rotatable bonds is 3. The minimum absolute atomic E-state index is 0.00534. The van der Waals surface area contributed by atoms with Gasteiger partial charge in [0, 0.05) is 42.3 Å². The van der Waals surface area contributed by atoms with Crippen molar-refractivity contribution >= 4 is 22.2 Å². The Kier molecular flexibility index (Phi) is 3.95. The summed E-state index contributed by atoms with van der Waals surface area (Å²) in [5, 5.41) is 3.28. The van der Waals surface area contributed by atoms with Crippen molar-refractivity contribution < 1.29 is 0 Å². The second kappa shape index (κ2) is 6.48. The molecular formula is C21H20N4OS. The zero-order valence-corrected chi connectivity index (χ0v) is 15.9. The van der Waals surface area contributed by atoms with E-state index in [0.29, 0.717) is 12.4 Å². The van der Waals surface area contributed by atoms with E-state index in [9.17, 15) is 4.79 Å². The first-order chi connectivity index (χ1) is 13.2. The molecule has 0 unspecified atom stereocenters. The van der Waals surface area contributed by atoms with Crippen LogP contribution in [0.15, 0.2) is 46.7 Å². The van der Waals surface area contributed by atoms with Crippen LogP contribution in [0.1, 0.15) is 22.4 Å². The van der Waals surface area contributed by atoms with Crippen molar-refractivity contribution in [2.75, 3.05) is 6.54 Å². The standard InChI is InChI=1S/C21H20N4OS/c1-13-4-5-17-16(9-13)14(10-22-17)11-25-7-6-15-18(12-25)23-20(24-21(15)26)19-3-2-8-27-19/h2-5,8-10,22H,6-7,11-12H2,1H3,(H,23,24,26). The molecular weight excluding hydrogens is 356 g/mol. The Balaban J connectivity index is 1.45. The molecule has 1 aromatic carbocycles. The number of aromatic nitrogens is 3. The van der Waals surface area contributed by atoms with E-state index >= 15 is 0 Å².